The fourth-order valence-electron chi connectivity index (χ4n) is 6.18. The molecule has 0 aliphatic rings. The van der Waals surface area contributed by atoms with Crippen LogP contribution in [-0.4, -0.2) is 104 Å². The minimum absolute atomic E-state index is 0.298. The van der Waals surface area contributed by atoms with Crippen molar-refractivity contribution in [3.63, 3.8) is 0 Å². The second-order valence-electron chi connectivity index (χ2n) is 16.8. The Morgan fingerprint density at radius 1 is 0.431 bits per heavy atom. The summed E-state index contributed by atoms with van der Waals surface area (Å²) in [6.45, 7) is 13.1. The number of ether oxygens (including phenoxy) is 2. The SMILES string of the molecule is CN(CCOC(c1ccc(C(=O)C(C)(C)O)cc1)c1ccc(C(=O)C(C)(C)O)cc1)CCOC(c1ccc(C(=O)C(C)(C)O)cc1)c1ccc(C(=O)C(C)(C)O)cc1. The smallest absolute Gasteiger partial charge is 0.193 e. The zero-order valence-corrected chi connectivity index (χ0v) is 34.9. The highest BCUT2D eigenvalue weighted by molar-refractivity contribution is 6.03. The Morgan fingerprint density at radius 2 is 0.621 bits per heavy atom. The maximum absolute atomic E-state index is 12.7. The average molecular weight is 796 g/mol. The number of rotatable bonds is 20. The van der Waals surface area contributed by atoms with Crippen LogP contribution in [0.3, 0.4) is 0 Å². The van der Waals surface area contributed by atoms with Gasteiger partial charge >= 0.3 is 0 Å². The van der Waals surface area contributed by atoms with E-state index in [9.17, 15) is 39.6 Å². The first-order chi connectivity index (χ1) is 26.9. The van der Waals surface area contributed by atoms with Gasteiger partial charge in [-0.25, -0.2) is 0 Å². The zero-order valence-electron chi connectivity index (χ0n) is 34.9. The average Bonchev–Trinajstić information content (AvgIpc) is 3.16. The summed E-state index contributed by atoms with van der Waals surface area (Å²) in [5.41, 5.74) is -1.65. The van der Waals surface area contributed by atoms with Gasteiger partial charge in [0.05, 0.1) is 13.2 Å². The highest BCUT2D eigenvalue weighted by Crippen LogP contribution is 2.30. The first-order valence-electron chi connectivity index (χ1n) is 19.3. The summed E-state index contributed by atoms with van der Waals surface area (Å²) in [6.07, 6.45) is -1.13. The Balaban J connectivity index is 1.49. The van der Waals surface area contributed by atoms with Gasteiger partial charge in [-0.2, -0.15) is 0 Å². The second kappa shape index (κ2) is 18.5. The standard InChI is InChI=1S/C47H57NO10/c1-44(2,53)40(49)34-18-10-30(11-19-34)38(31-12-20-35(21-13-31)41(50)45(3,4)54)57-28-26-48(9)27-29-58-39(32-14-22-36(23-15-32)42(51)46(5,6)55)33-16-24-37(25-17-33)43(52)47(7,8)56/h10-25,38-39,53-56H,26-29H2,1-9H3. The van der Waals surface area contributed by atoms with Crippen molar-refractivity contribution in [1.82, 2.24) is 4.90 Å². The molecule has 4 rings (SSSR count). The van der Waals surface area contributed by atoms with E-state index in [1.807, 2.05) is 11.9 Å². The molecular formula is C47H57NO10. The van der Waals surface area contributed by atoms with Crippen LogP contribution in [0.1, 0.15) is 131 Å². The maximum atomic E-state index is 12.7. The summed E-state index contributed by atoms with van der Waals surface area (Å²) in [7, 11) is 1.93. The van der Waals surface area contributed by atoms with Crippen LogP contribution in [0.25, 0.3) is 0 Å². The third-order valence-electron chi connectivity index (χ3n) is 9.64. The first kappa shape index (κ1) is 46.0. The third kappa shape index (κ3) is 12.2. The summed E-state index contributed by atoms with van der Waals surface area (Å²) in [5, 5.41) is 40.9. The van der Waals surface area contributed by atoms with Gasteiger partial charge in [0.1, 0.15) is 34.6 Å². The van der Waals surface area contributed by atoms with Gasteiger partial charge in [-0.15, -0.1) is 0 Å². The van der Waals surface area contributed by atoms with Crippen LogP contribution >= 0.6 is 0 Å². The molecule has 0 bridgehead atoms. The quantitative estimate of drug-likeness (QED) is 0.0736. The van der Waals surface area contributed by atoms with Crippen LogP contribution in [0, 0.1) is 0 Å². The number of ketones is 4. The van der Waals surface area contributed by atoms with E-state index in [4.69, 9.17) is 9.47 Å². The number of benzene rings is 4. The van der Waals surface area contributed by atoms with Crippen LogP contribution in [0.4, 0.5) is 0 Å². The molecule has 4 N–H and O–H groups in total. The summed E-state index contributed by atoms with van der Waals surface area (Å²) in [5.74, 6) is -1.64. The van der Waals surface area contributed by atoms with Crippen molar-refractivity contribution >= 4 is 23.1 Å². The van der Waals surface area contributed by atoms with E-state index in [-0.39, 0.29) is 0 Å². The lowest BCUT2D eigenvalue weighted by molar-refractivity contribution is 0.0416. The molecule has 4 aromatic rings. The lowest BCUT2D eigenvalue weighted by Crippen LogP contribution is -2.31. The van der Waals surface area contributed by atoms with Gasteiger partial charge in [0, 0.05) is 35.3 Å². The number of nitrogens with zero attached hydrogens (tertiary/aromatic N) is 1. The van der Waals surface area contributed by atoms with Crippen LogP contribution in [-0.2, 0) is 9.47 Å². The number of carbonyl (C=O) groups is 4. The molecule has 0 atom stereocenters. The lowest BCUT2D eigenvalue weighted by Gasteiger charge is -2.24. The predicted molar refractivity (Wildman–Crippen MR) is 221 cm³/mol. The molecule has 0 radical (unpaired) electrons. The van der Waals surface area contributed by atoms with Gasteiger partial charge in [-0.1, -0.05) is 97.1 Å². The highest BCUT2D eigenvalue weighted by atomic mass is 16.5. The highest BCUT2D eigenvalue weighted by Gasteiger charge is 2.29. The molecule has 310 valence electrons. The minimum Gasteiger partial charge on any atom is -0.382 e. The van der Waals surface area contributed by atoms with E-state index in [2.05, 4.69) is 0 Å². The van der Waals surface area contributed by atoms with E-state index < -0.39 is 57.7 Å². The van der Waals surface area contributed by atoms with E-state index in [0.717, 1.165) is 22.3 Å². The van der Waals surface area contributed by atoms with E-state index in [0.29, 0.717) is 48.6 Å². The molecule has 0 aliphatic heterocycles. The molecule has 11 heteroatoms. The Labute approximate surface area is 341 Å². The summed E-state index contributed by atoms with van der Waals surface area (Å²) < 4.78 is 12.9. The van der Waals surface area contributed by atoms with E-state index in [1.54, 1.807) is 97.1 Å². The second-order valence-corrected chi connectivity index (χ2v) is 16.8. The number of aliphatic hydroxyl groups is 4. The molecule has 11 nitrogen and oxygen atoms in total. The molecule has 0 fully saturated rings. The maximum Gasteiger partial charge on any atom is 0.193 e. The first-order valence-corrected chi connectivity index (χ1v) is 19.3. The fourth-order valence-corrected chi connectivity index (χ4v) is 6.18. The molecule has 0 aromatic heterocycles. The van der Waals surface area contributed by atoms with Crippen LogP contribution in [0.2, 0.25) is 0 Å². The molecule has 0 saturated heterocycles. The van der Waals surface area contributed by atoms with Gasteiger partial charge in [0.25, 0.3) is 0 Å². The summed E-state index contributed by atoms with van der Waals surface area (Å²) >= 11 is 0. The van der Waals surface area contributed by atoms with E-state index >= 15 is 0 Å². The Bertz CT molecular complexity index is 1740. The molecule has 4 aromatic carbocycles. The van der Waals surface area contributed by atoms with Crippen molar-refractivity contribution in [2.24, 2.45) is 0 Å². The Kier molecular flexibility index (Phi) is 14.6. The number of hydrogen-bond donors (Lipinski definition) is 4. The lowest BCUT2D eigenvalue weighted by atomic mass is 9.92. The van der Waals surface area contributed by atoms with Gasteiger partial charge < -0.3 is 34.8 Å². The molecule has 0 spiro atoms. The van der Waals surface area contributed by atoms with Gasteiger partial charge in [-0.05, 0) is 84.7 Å². The number of likely N-dealkylation sites (N-methyl/N-ethyl adjacent to an activating group) is 1. The number of Topliss-reactive ketones (excluding diaryl/α,β-unsaturated/α-hetero) is 4. The zero-order chi connectivity index (χ0) is 43.2. The van der Waals surface area contributed by atoms with Crippen molar-refractivity contribution in [3.05, 3.63) is 142 Å². The molecule has 0 amide bonds. The van der Waals surface area contributed by atoms with Crippen LogP contribution < -0.4 is 0 Å². The van der Waals surface area contributed by atoms with Crippen molar-refractivity contribution in [3.8, 4) is 0 Å². The molecule has 0 aliphatic carbocycles. The van der Waals surface area contributed by atoms with Crippen molar-refractivity contribution in [2.45, 2.75) is 90.0 Å². The molecule has 0 saturated carbocycles. The van der Waals surface area contributed by atoms with Crippen molar-refractivity contribution in [2.75, 3.05) is 33.4 Å². The normalized spacial score (nSPS) is 12.7. The van der Waals surface area contributed by atoms with Crippen LogP contribution in [0.5, 0.6) is 0 Å². The topological polar surface area (TPSA) is 171 Å². The van der Waals surface area contributed by atoms with Gasteiger partial charge in [-0.3, -0.25) is 19.2 Å². The Morgan fingerprint density at radius 3 is 0.793 bits per heavy atom. The minimum atomic E-state index is -1.53. The Hall–Kier alpha value is -4.72. The third-order valence-corrected chi connectivity index (χ3v) is 9.64. The molecule has 0 heterocycles. The fraction of sp³-hybridized carbons (Fsp3) is 0.404. The van der Waals surface area contributed by atoms with Crippen molar-refractivity contribution in [1.29, 1.82) is 0 Å². The van der Waals surface area contributed by atoms with Gasteiger partial charge in [0.15, 0.2) is 23.1 Å². The number of carbonyl (C=O) groups excluding carboxylic acids is 4. The van der Waals surface area contributed by atoms with Crippen molar-refractivity contribution < 1.29 is 49.1 Å². The summed E-state index contributed by atoms with van der Waals surface area (Å²) in [6, 6.07) is 27.4. The number of hydrogen-bond acceptors (Lipinski definition) is 11. The van der Waals surface area contributed by atoms with Gasteiger partial charge in [0.2, 0.25) is 0 Å². The molecule has 58 heavy (non-hydrogen) atoms. The largest absolute Gasteiger partial charge is 0.382 e. The monoisotopic (exact) mass is 795 g/mol. The molecular weight excluding hydrogens is 739 g/mol. The van der Waals surface area contributed by atoms with Crippen LogP contribution in [0.15, 0.2) is 97.1 Å². The predicted octanol–water partition coefficient (Wildman–Crippen LogP) is 6.35. The summed E-state index contributed by atoms with van der Waals surface area (Å²) in [4.78, 5) is 52.8. The van der Waals surface area contributed by atoms with E-state index in [1.165, 1.54) is 55.4 Å². The molecule has 0 unspecified atom stereocenters.